The van der Waals surface area contributed by atoms with Crippen LogP contribution in [0.3, 0.4) is 0 Å². The molecule has 3 atom stereocenters. The number of rotatable bonds is 8. The molecule has 3 amide bonds. The van der Waals surface area contributed by atoms with E-state index in [0.717, 1.165) is 17.3 Å². The number of phenols is 1. The number of carbonyl (C=O) groups is 3. The van der Waals surface area contributed by atoms with Crippen LogP contribution in [0.4, 0.5) is 30.4 Å². The third-order valence-electron chi connectivity index (χ3n) is 11.5. The van der Waals surface area contributed by atoms with Crippen LogP contribution in [0.15, 0.2) is 54.7 Å². The lowest BCUT2D eigenvalue weighted by Gasteiger charge is -2.42. The highest BCUT2D eigenvalue weighted by Gasteiger charge is 2.50. The molecule has 1 unspecified atom stereocenters. The Bertz CT molecular complexity index is 2260. The third kappa shape index (κ3) is 6.28. The summed E-state index contributed by atoms with van der Waals surface area (Å²) in [5.41, 5.74) is 2.87. The van der Waals surface area contributed by atoms with Gasteiger partial charge in [0.05, 0.1) is 23.5 Å². The predicted octanol–water partition coefficient (Wildman–Crippen LogP) is 3.40. The highest BCUT2D eigenvalue weighted by atomic mass is 19.1. The average Bonchev–Trinajstić information content (AvgIpc) is 3.74. The van der Waals surface area contributed by atoms with E-state index >= 15 is 4.39 Å². The van der Waals surface area contributed by atoms with E-state index in [0.29, 0.717) is 68.3 Å². The first-order chi connectivity index (χ1) is 27.1. The number of benzene rings is 2. The fourth-order valence-electron chi connectivity index (χ4n) is 8.54. The van der Waals surface area contributed by atoms with Gasteiger partial charge in [-0.15, -0.1) is 10.2 Å². The first kappa shape index (κ1) is 35.7. The maximum atomic E-state index is 15.5. The summed E-state index contributed by atoms with van der Waals surface area (Å²) < 4.78 is 50.5. The number of phenolic OH excluding ortho intramolecular Hbond substituents is 1. The quantitative estimate of drug-likeness (QED) is 0.225. The second-order valence-corrected chi connectivity index (χ2v) is 15.0. The van der Waals surface area contributed by atoms with Crippen LogP contribution < -0.4 is 25.2 Å². The molecule has 0 saturated carbocycles. The molecule has 0 radical (unpaired) electrons. The average molecular weight is 770 g/mol. The summed E-state index contributed by atoms with van der Waals surface area (Å²) >= 11 is 0. The van der Waals surface area contributed by atoms with Crippen LogP contribution in [-0.4, -0.2) is 111 Å². The van der Waals surface area contributed by atoms with Crippen LogP contribution in [0.1, 0.15) is 40.7 Å². The number of nitrogens with one attached hydrogen (secondary N) is 2. The highest BCUT2D eigenvalue weighted by molar-refractivity contribution is 6.05. The van der Waals surface area contributed by atoms with Gasteiger partial charge < -0.3 is 29.9 Å². The fourth-order valence-corrected chi connectivity index (χ4v) is 8.54. The lowest BCUT2D eigenvalue weighted by molar-refractivity contribution is -0.136. The number of halogens is 3. The first-order valence-corrected chi connectivity index (χ1v) is 18.6. The molecule has 290 valence electrons. The number of anilines is 3. The van der Waals surface area contributed by atoms with Gasteiger partial charge in [0.2, 0.25) is 11.8 Å². The molecule has 2 aromatic carbocycles. The number of alkyl halides is 1. The molecule has 2 aromatic heterocycles. The van der Waals surface area contributed by atoms with E-state index in [1.54, 1.807) is 17.2 Å². The van der Waals surface area contributed by atoms with Crippen LogP contribution in [0.25, 0.3) is 11.3 Å². The number of para-hydroxylation sites is 1. The molecule has 9 rings (SSSR count). The molecule has 7 heterocycles. The smallest absolute Gasteiger partial charge is 0.255 e. The summed E-state index contributed by atoms with van der Waals surface area (Å²) in [7, 11) is 0. The van der Waals surface area contributed by atoms with Crippen LogP contribution in [0.2, 0.25) is 0 Å². The van der Waals surface area contributed by atoms with Crippen molar-refractivity contribution in [3.63, 3.8) is 0 Å². The van der Waals surface area contributed by atoms with Gasteiger partial charge in [-0.25, -0.2) is 18.2 Å². The second-order valence-electron chi connectivity index (χ2n) is 15.0. The number of hydrogen-bond acceptors (Lipinski definition) is 12. The molecule has 0 spiro atoms. The Morgan fingerprint density at radius 1 is 0.982 bits per heavy atom. The van der Waals surface area contributed by atoms with Crippen molar-refractivity contribution in [2.75, 3.05) is 61.1 Å². The molecule has 0 aliphatic carbocycles. The number of piperazine rings is 1. The number of nitrogens with zero attached hydrogens (tertiary/aromatic N) is 7. The summed E-state index contributed by atoms with van der Waals surface area (Å²) in [6, 6.07) is 12.3. The SMILES string of the molecule is O=C1CCC(N2Cc3ccc(N4CCN(Cc5cnc(O[C@H]6CN7c8cc(-c9cccc(F)c9O)nnc8NC[C@@]7(CF)C6)c(F)c5)CC4)cc3C2=O)C(=O)N1. The molecule has 4 aromatic rings. The van der Waals surface area contributed by atoms with Gasteiger partial charge in [0.15, 0.2) is 23.2 Å². The maximum absolute atomic E-state index is 15.5. The van der Waals surface area contributed by atoms with Crippen molar-refractivity contribution >= 4 is 34.9 Å². The molecule has 3 fully saturated rings. The van der Waals surface area contributed by atoms with E-state index in [9.17, 15) is 28.3 Å². The monoisotopic (exact) mass is 769 g/mol. The number of aromatic nitrogens is 3. The standard InChI is InChI=1S/C39H38F3N9O5/c40-20-39-15-25(19-51(39)32-14-30(46-47-35(32)44-21-39)26-2-1-3-28(41)34(26)53)56-37-29(42)12-22(16-43-37)17-48-8-10-49(11-9-48)24-5-4-23-18-50(38(55)27(23)13-24)31-6-7-33(52)45-36(31)54/h1-5,12-14,16,25,31,53H,6-11,15,17-21H2,(H,44,47)(H,45,52,54)/t25-,31?,39+/m1/s1. The Hall–Kier alpha value is -5.97. The van der Waals surface area contributed by atoms with E-state index in [1.807, 2.05) is 23.1 Å². The first-order valence-electron chi connectivity index (χ1n) is 18.6. The molecule has 3 N–H and O–H groups in total. The predicted molar refractivity (Wildman–Crippen MR) is 197 cm³/mol. The van der Waals surface area contributed by atoms with E-state index in [4.69, 9.17) is 4.74 Å². The third-order valence-corrected chi connectivity index (χ3v) is 11.5. The minimum atomic E-state index is -1.01. The molecule has 14 nitrogen and oxygen atoms in total. The zero-order chi connectivity index (χ0) is 38.7. The molecule has 5 aliphatic rings. The number of imide groups is 1. The Morgan fingerprint density at radius 2 is 1.82 bits per heavy atom. The number of amides is 3. The number of pyridine rings is 1. The highest BCUT2D eigenvalue weighted by Crippen LogP contribution is 2.44. The number of carbonyl (C=O) groups excluding carboxylic acids is 3. The van der Waals surface area contributed by atoms with Crippen molar-refractivity contribution in [3.05, 3.63) is 83.1 Å². The Labute approximate surface area is 319 Å². The zero-order valence-corrected chi connectivity index (χ0v) is 30.2. The number of ether oxygens (including phenoxy) is 1. The van der Waals surface area contributed by atoms with Crippen molar-refractivity contribution in [1.29, 1.82) is 0 Å². The minimum Gasteiger partial charge on any atom is -0.504 e. The number of hydrogen-bond donors (Lipinski definition) is 3. The Kier molecular flexibility index (Phi) is 8.90. The van der Waals surface area contributed by atoms with Crippen molar-refractivity contribution in [3.8, 4) is 22.9 Å². The molecule has 0 bridgehead atoms. The van der Waals surface area contributed by atoms with Crippen molar-refractivity contribution in [2.45, 2.75) is 50.0 Å². The van der Waals surface area contributed by atoms with E-state index < -0.39 is 47.7 Å². The lowest BCUT2D eigenvalue weighted by atomic mass is 9.94. The normalized spacial score (nSPS) is 23.4. The topological polar surface area (TPSA) is 156 Å². The summed E-state index contributed by atoms with van der Waals surface area (Å²) in [6.07, 6.45) is 1.74. The van der Waals surface area contributed by atoms with E-state index in [-0.39, 0.29) is 54.9 Å². The van der Waals surface area contributed by atoms with Crippen LogP contribution in [-0.2, 0) is 22.7 Å². The van der Waals surface area contributed by atoms with Gasteiger partial charge in [-0.05, 0) is 53.9 Å². The summed E-state index contributed by atoms with van der Waals surface area (Å²) in [6.45, 7) is 3.25. The molecule has 5 aliphatic heterocycles. The maximum Gasteiger partial charge on any atom is 0.255 e. The number of fused-ring (bicyclic) bond motifs is 4. The summed E-state index contributed by atoms with van der Waals surface area (Å²) in [5.74, 6) is -2.72. The Morgan fingerprint density at radius 3 is 2.61 bits per heavy atom. The fraction of sp³-hybridized carbons (Fsp3) is 0.385. The van der Waals surface area contributed by atoms with Gasteiger partial charge in [-0.3, -0.25) is 24.6 Å². The van der Waals surface area contributed by atoms with Crippen LogP contribution in [0.5, 0.6) is 11.6 Å². The van der Waals surface area contributed by atoms with Crippen LogP contribution >= 0.6 is 0 Å². The van der Waals surface area contributed by atoms with Gasteiger partial charge in [0, 0.05) is 81.7 Å². The molecule has 17 heteroatoms. The van der Waals surface area contributed by atoms with E-state index in [2.05, 4.69) is 35.6 Å². The van der Waals surface area contributed by atoms with Crippen molar-refractivity contribution < 1.29 is 37.4 Å². The lowest BCUT2D eigenvalue weighted by Crippen LogP contribution is -2.54. The Balaban J connectivity index is 0.818. The largest absolute Gasteiger partial charge is 0.504 e. The molecular weight excluding hydrogens is 731 g/mol. The molecular formula is C39H38F3N9O5. The van der Waals surface area contributed by atoms with Crippen molar-refractivity contribution in [1.82, 2.24) is 30.3 Å². The van der Waals surface area contributed by atoms with Gasteiger partial charge in [0.25, 0.3) is 11.8 Å². The van der Waals surface area contributed by atoms with E-state index in [1.165, 1.54) is 18.2 Å². The minimum absolute atomic E-state index is 0.148. The number of piperidine rings is 1. The molecule has 56 heavy (non-hydrogen) atoms. The van der Waals surface area contributed by atoms with Gasteiger partial charge in [-0.2, -0.15) is 0 Å². The zero-order valence-electron chi connectivity index (χ0n) is 30.2. The molecule has 3 saturated heterocycles. The summed E-state index contributed by atoms with van der Waals surface area (Å²) in [4.78, 5) is 49.4. The second kappa shape index (κ2) is 14.0. The van der Waals surface area contributed by atoms with Gasteiger partial charge in [-0.1, -0.05) is 12.1 Å². The van der Waals surface area contributed by atoms with Crippen molar-refractivity contribution in [2.24, 2.45) is 0 Å². The van der Waals surface area contributed by atoms with Crippen LogP contribution in [0, 0.1) is 11.6 Å². The number of aromatic hydroxyl groups is 1. The van der Waals surface area contributed by atoms with Gasteiger partial charge in [0.1, 0.15) is 18.8 Å². The van der Waals surface area contributed by atoms with Gasteiger partial charge >= 0.3 is 0 Å². The summed E-state index contributed by atoms with van der Waals surface area (Å²) in [5, 5.41) is 24.1.